The van der Waals surface area contributed by atoms with Crippen molar-refractivity contribution in [1.82, 2.24) is 20.6 Å². The number of aromatic nitrogens is 2. The Kier molecular flexibility index (Phi) is 3.33. The fourth-order valence-corrected chi connectivity index (χ4v) is 4.66. The normalized spacial score (nSPS) is 24.1. The number of oxazole rings is 1. The average molecular weight is 381 g/mol. The molecule has 2 atom stereocenters. The van der Waals surface area contributed by atoms with Crippen LogP contribution in [0.1, 0.15) is 29.6 Å². The summed E-state index contributed by atoms with van der Waals surface area (Å²) in [5.41, 5.74) is 2.74. The van der Waals surface area contributed by atoms with E-state index in [-0.39, 0.29) is 5.91 Å². The fourth-order valence-electron chi connectivity index (χ4n) is 4.00. The van der Waals surface area contributed by atoms with Crippen molar-refractivity contribution in [3.63, 3.8) is 0 Å². The zero-order valence-electron chi connectivity index (χ0n) is 14.6. The molecule has 2 bridgehead atoms. The number of rotatable bonds is 4. The topological polar surface area (TPSA) is 83.3 Å². The lowest BCUT2D eigenvalue weighted by molar-refractivity contribution is 0.0952. The maximum absolute atomic E-state index is 12.7. The van der Waals surface area contributed by atoms with E-state index >= 15 is 0 Å². The summed E-state index contributed by atoms with van der Waals surface area (Å²) in [6.07, 6.45) is 5.11. The van der Waals surface area contributed by atoms with Crippen molar-refractivity contribution in [2.24, 2.45) is 0 Å². The number of hydrogen-bond donors (Lipinski definition) is 2. The highest BCUT2D eigenvalue weighted by molar-refractivity contribution is 7.13. The maximum Gasteiger partial charge on any atom is 0.298 e. The van der Waals surface area contributed by atoms with E-state index in [0.717, 1.165) is 36.5 Å². The van der Waals surface area contributed by atoms with Crippen LogP contribution < -0.4 is 15.5 Å². The number of piperazine rings is 1. The van der Waals surface area contributed by atoms with Crippen LogP contribution in [0.5, 0.6) is 0 Å². The summed E-state index contributed by atoms with van der Waals surface area (Å²) in [6.45, 7) is 1.78. The summed E-state index contributed by atoms with van der Waals surface area (Å²) < 4.78 is 6.22. The van der Waals surface area contributed by atoms with Gasteiger partial charge in [-0.3, -0.25) is 4.79 Å². The standard InChI is InChI=1S/C19H19N5O2S/c25-17(22-10-1-2-10)13-3-4-14(18-20-5-6-27-18)16-15(13)23-19(26-16)24-8-11-7-12(9-24)21-11/h3-6,10-12,21H,1-2,7-9H2,(H,22,25). The molecule has 7 nitrogen and oxygen atoms in total. The molecule has 0 spiro atoms. The molecule has 1 saturated carbocycles. The van der Waals surface area contributed by atoms with Crippen LogP contribution in [0.25, 0.3) is 21.7 Å². The third-order valence-corrected chi connectivity index (χ3v) is 6.35. The molecule has 1 aromatic carbocycles. The van der Waals surface area contributed by atoms with Crippen molar-refractivity contribution in [3.8, 4) is 10.6 Å². The van der Waals surface area contributed by atoms with Gasteiger partial charge in [-0.25, -0.2) is 4.98 Å². The van der Waals surface area contributed by atoms with Crippen molar-refractivity contribution >= 4 is 34.4 Å². The third-order valence-electron chi connectivity index (χ3n) is 5.54. The molecule has 2 aromatic heterocycles. The SMILES string of the molecule is O=C(NC1CC1)c1ccc(-c2nccs2)c2oc(N3CC4CC(C3)N4)nc12. The summed E-state index contributed by atoms with van der Waals surface area (Å²) in [5, 5.41) is 9.40. The molecule has 7 rings (SSSR count). The zero-order valence-corrected chi connectivity index (χ0v) is 15.5. The first kappa shape index (κ1) is 15.6. The number of benzene rings is 1. The summed E-state index contributed by atoms with van der Waals surface area (Å²) in [4.78, 5) is 24.1. The Morgan fingerprint density at radius 2 is 2.11 bits per heavy atom. The van der Waals surface area contributed by atoms with E-state index in [1.54, 1.807) is 17.5 Å². The number of nitrogens with one attached hydrogen (secondary N) is 2. The number of anilines is 1. The molecular weight excluding hydrogens is 362 g/mol. The van der Waals surface area contributed by atoms with E-state index in [1.165, 1.54) is 6.42 Å². The van der Waals surface area contributed by atoms with E-state index in [0.29, 0.717) is 40.8 Å². The van der Waals surface area contributed by atoms with Crippen LogP contribution in [0.4, 0.5) is 6.01 Å². The summed E-state index contributed by atoms with van der Waals surface area (Å²) >= 11 is 1.56. The number of carbonyl (C=O) groups excluding carboxylic acids is 1. The lowest BCUT2D eigenvalue weighted by atomic mass is 9.92. The Morgan fingerprint density at radius 3 is 2.81 bits per heavy atom. The fraction of sp³-hybridized carbons (Fsp3) is 0.421. The van der Waals surface area contributed by atoms with Gasteiger partial charge in [0.2, 0.25) is 0 Å². The highest BCUT2D eigenvalue weighted by Crippen LogP contribution is 2.36. The monoisotopic (exact) mass is 381 g/mol. The second-order valence-corrected chi connectivity index (χ2v) is 8.52. The molecule has 27 heavy (non-hydrogen) atoms. The Bertz CT molecular complexity index is 1010. The minimum atomic E-state index is -0.0730. The van der Waals surface area contributed by atoms with Gasteiger partial charge in [0.25, 0.3) is 11.9 Å². The lowest BCUT2D eigenvalue weighted by Gasteiger charge is -2.47. The van der Waals surface area contributed by atoms with Crippen LogP contribution in [-0.2, 0) is 0 Å². The molecule has 4 fully saturated rings. The smallest absolute Gasteiger partial charge is 0.298 e. The van der Waals surface area contributed by atoms with Gasteiger partial charge < -0.3 is 20.0 Å². The van der Waals surface area contributed by atoms with Crippen LogP contribution in [0, 0.1) is 0 Å². The first-order valence-electron chi connectivity index (χ1n) is 9.40. The third kappa shape index (κ3) is 2.62. The van der Waals surface area contributed by atoms with E-state index < -0.39 is 0 Å². The summed E-state index contributed by atoms with van der Waals surface area (Å²) in [7, 11) is 0. The molecule has 1 amide bonds. The van der Waals surface area contributed by atoms with Crippen molar-refractivity contribution in [2.45, 2.75) is 37.4 Å². The number of fused-ring (bicyclic) bond motifs is 3. The van der Waals surface area contributed by atoms with Gasteiger partial charge in [-0.05, 0) is 31.4 Å². The van der Waals surface area contributed by atoms with Gasteiger partial charge in [0.15, 0.2) is 5.58 Å². The first-order valence-corrected chi connectivity index (χ1v) is 10.3. The van der Waals surface area contributed by atoms with E-state index in [2.05, 4.69) is 20.5 Å². The minimum absolute atomic E-state index is 0.0730. The predicted octanol–water partition coefficient (Wildman–Crippen LogP) is 2.39. The van der Waals surface area contributed by atoms with Crippen molar-refractivity contribution in [1.29, 1.82) is 0 Å². The van der Waals surface area contributed by atoms with Gasteiger partial charge in [-0.1, -0.05) is 0 Å². The Balaban J connectivity index is 1.46. The van der Waals surface area contributed by atoms with Crippen LogP contribution >= 0.6 is 11.3 Å². The molecule has 4 aliphatic rings. The molecular formula is C19H19N5O2S. The maximum atomic E-state index is 12.7. The van der Waals surface area contributed by atoms with Crippen molar-refractivity contribution in [3.05, 3.63) is 29.3 Å². The molecule has 0 radical (unpaired) electrons. The molecule has 138 valence electrons. The number of piperidine rings is 1. The van der Waals surface area contributed by atoms with E-state index in [4.69, 9.17) is 9.40 Å². The molecule has 5 heterocycles. The lowest BCUT2D eigenvalue weighted by Crippen LogP contribution is -2.67. The van der Waals surface area contributed by atoms with Crippen LogP contribution in [-0.4, -0.2) is 47.1 Å². The van der Waals surface area contributed by atoms with Gasteiger partial charge in [-0.15, -0.1) is 11.3 Å². The van der Waals surface area contributed by atoms with Crippen molar-refractivity contribution in [2.75, 3.05) is 18.0 Å². The number of nitrogens with zero attached hydrogens (tertiary/aromatic N) is 3. The second kappa shape index (κ2) is 5.77. The van der Waals surface area contributed by atoms with Crippen LogP contribution in [0.2, 0.25) is 0 Å². The molecule has 1 aliphatic carbocycles. The average Bonchev–Trinajstić information content (AvgIpc) is 3.14. The van der Waals surface area contributed by atoms with E-state index in [1.807, 2.05) is 17.5 Å². The zero-order chi connectivity index (χ0) is 18.0. The van der Waals surface area contributed by atoms with Gasteiger partial charge in [0.05, 0.1) is 11.1 Å². The Hall–Kier alpha value is -2.45. The van der Waals surface area contributed by atoms with Gasteiger partial charge in [-0.2, -0.15) is 4.98 Å². The van der Waals surface area contributed by atoms with Gasteiger partial charge in [0, 0.05) is 42.8 Å². The quantitative estimate of drug-likeness (QED) is 0.722. The number of thiazole rings is 1. The molecule has 2 N–H and O–H groups in total. The van der Waals surface area contributed by atoms with Crippen LogP contribution in [0.15, 0.2) is 28.1 Å². The Morgan fingerprint density at radius 1 is 1.30 bits per heavy atom. The molecule has 3 aliphatic heterocycles. The molecule has 8 heteroatoms. The van der Waals surface area contributed by atoms with Gasteiger partial charge in [0.1, 0.15) is 10.5 Å². The highest BCUT2D eigenvalue weighted by Gasteiger charge is 2.38. The summed E-state index contributed by atoms with van der Waals surface area (Å²) in [5.74, 6) is -0.0730. The van der Waals surface area contributed by atoms with E-state index in [9.17, 15) is 4.79 Å². The summed E-state index contributed by atoms with van der Waals surface area (Å²) in [6, 6.07) is 5.69. The molecule has 2 unspecified atom stereocenters. The van der Waals surface area contributed by atoms with Crippen LogP contribution in [0.3, 0.4) is 0 Å². The van der Waals surface area contributed by atoms with Gasteiger partial charge >= 0.3 is 0 Å². The number of amides is 1. The predicted molar refractivity (Wildman–Crippen MR) is 103 cm³/mol. The van der Waals surface area contributed by atoms with Crippen molar-refractivity contribution < 1.29 is 9.21 Å². The highest BCUT2D eigenvalue weighted by atomic mass is 32.1. The second-order valence-electron chi connectivity index (χ2n) is 7.62. The Labute approximate surface area is 159 Å². The number of carbonyl (C=O) groups is 1. The number of hydrogen-bond acceptors (Lipinski definition) is 7. The minimum Gasteiger partial charge on any atom is -0.423 e. The molecule has 3 saturated heterocycles. The first-order chi connectivity index (χ1) is 13.2. The molecule has 3 aromatic rings. The largest absolute Gasteiger partial charge is 0.423 e.